The summed E-state index contributed by atoms with van der Waals surface area (Å²) in [5.74, 6) is -0.829. The van der Waals surface area contributed by atoms with Crippen LogP contribution in [0.3, 0.4) is 0 Å². The van der Waals surface area contributed by atoms with Gasteiger partial charge in [0.25, 0.3) is 0 Å². The quantitative estimate of drug-likeness (QED) is 0.766. The molecule has 140 valence electrons. The molecular formula is C18H23ClN4O3. The molecule has 1 aliphatic heterocycles. The first kappa shape index (κ1) is 18.8. The Balaban J connectivity index is 1.63. The van der Waals surface area contributed by atoms with Crippen LogP contribution in [0.1, 0.15) is 5.56 Å². The molecule has 0 saturated carbocycles. The van der Waals surface area contributed by atoms with Crippen LogP contribution in [0.2, 0.25) is 5.02 Å². The van der Waals surface area contributed by atoms with Crippen molar-refractivity contribution in [3.63, 3.8) is 0 Å². The SMILES string of the molecule is CN(CC(=O)O)CC1CN(Cc2cn[nH]c2-c2cccc(Cl)c2)CCO1. The molecule has 0 spiro atoms. The van der Waals surface area contributed by atoms with Gasteiger partial charge in [0.1, 0.15) is 0 Å². The minimum atomic E-state index is -0.829. The lowest BCUT2D eigenvalue weighted by molar-refractivity contribution is -0.138. The maximum absolute atomic E-state index is 10.8. The predicted molar refractivity (Wildman–Crippen MR) is 99.2 cm³/mol. The molecule has 3 rings (SSSR count). The molecule has 1 aliphatic rings. The number of morpholine rings is 1. The highest BCUT2D eigenvalue weighted by Crippen LogP contribution is 2.25. The average molecular weight is 379 g/mol. The van der Waals surface area contributed by atoms with Gasteiger partial charge in [0.2, 0.25) is 0 Å². The van der Waals surface area contributed by atoms with Crippen molar-refractivity contribution in [1.82, 2.24) is 20.0 Å². The Morgan fingerprint density at radius 3 is 3.15 bits per heavy atom. The van der Waals surface area contributed by atoms with E-state index in [4.69, 9.17) is 21.4 Å². The first-order valence-electron chi connectivity index (χ1n) is 8.53. The number of rotatable bonds is 7. The number of halogens is 1. The standard InChI is InChI=1S/C18H23ClN4O3/c1-22(12-17(24)25)10-16-11-23(5-6-26-16)9-14-8-20-21-18(14)13-3-2-4-15(19)7-13/h2-4,7-8,16H,5-6,9-12H2,1H3,(H,20,21)(H,24,25). The zero-order valence-corrected chi connectivity index (χ0v) is 15.4. The van der Waals surface area contributed by atoms with Crippen LogP contribution in [0.4, 0.5) is 0 Å². The second-order valence-electron chi connectivity index (χ2n) is 6.60. The molecule has 0 aliphatic carbocycles. The third-order valence-electron chi connectivity index (χ3n) is 4.37. The second-order valence-corrected chi connectivity index (χ2v) is 7.04. The summed E-state index contributed by atoms with van der Waals surface area (Å²) in [6, 6.07) is 7.69. The van der Waals surface area contributed by atoms with Gasteiger partial charge in [-0.25, -0.2) is 0 Å². The predicted octanol–water partition coefficient (Wildman–Crippen LogP) is 1.95. The summed E-state index contributed by atoms with van der Waals surface area (Å²) in [4.78, 5) is 14.9. The van der Waals surface area contributed by atoms with Gasteiger partial charge in [-0.1, -0.05) is 23.7 Å². The van der Waals surface area contributed by atoms with Crippen LogP contribution in [0.25, 0.3) is 11.3 Å². The van der Waals surface area contributed by atoms with Gasteiger partial charge < -0.3 is 9.84 Å². The number of aromatic amines is 1. The minimum Gasteiger partial charge on any atom is -0.480 e. The van der Waals surface area contributed by atoms with Crippen LogP contribution >= 0.6 is 11.6 Å². The largest absolute Gasteiger partial charge is 0.480 e. The number of hydrogen-bond acceptors (Lipinski definition) is 5. The Bertz CT molecular complexity index is 752. The number of H-pyrrole nitrogens is 1. The monoisotopic (exact) mass is 378 g/mol. The third-order valence-corrected chi connectivity index (χ3v) is 4.60. The number of likely N-dealkylation sites (N-methyl/N-ethyl adjacent to an activating group) is 1. The van der Waals surface area contributed by atoms with Crippen molar-refractivity contribution < 1.29 is 14.6 Å². The summed E-state index contributed by atoms with van der Waals surface area (Å²) in [5, 5.41) is 16.8. The molecule has 0 bridgehead atoms. The van der Waals surface area contributed by atoms with Crippen molar-refractivity contribution in [2.45, 2.75) is 12.6 Å². The molecule has 0 amide bonds. The number of carboxylic acids is 1. The summed E-state index contributed by atoms with van der Waals surface area (Å²) < 4.78 is 5.79. The topological polar surface area (TPSA) is 81.7 Å². The van der Waals surface area contributed by atoms with Gasteiger partial charge >= 0.3 is 5.97 Å². The number of benzene rings is 1. The molecule has 1 atom stereocenters. The summed E-state index contributed by atoms with van der Waals surface area (Å²) in [7, 11) is 1.80. The van der Waals surface area contributed by atoms with E-state index in [9.17, 15) is 4.79 Å². The van der Waals surface area contributed by atoms with E-state index >= 15 is 0 Å². The number of carboxylic acid groups (broad SMARTS) is 1. The van der Waals surface area contributed by atoms with E-state index in [-0.39, 0.29) is 12.6 Å². The van der Waals surface area contributed by atoms with Gasteiger partial charge in [0.15, 0.2) is 0 Å². The van der Waals surface area contributed by atoms with Crippen molar-refractivity contribution in [2.75, 3.05) is 39.8 Å². The van der Waals surface area contributed by atoms with Crippen LogP contribution in [-0.2, 0) is 16.1 Å². The lowest BCUT2D eigenvalue weighted by Crippen LogP contribution is -2.47. The highest BCUT2D eigenvalue weighted by Gasteiger charge is 2.23. The molecule has 8 heteroatoms. The molecule has 26 heavy (non-hydrogen) atoms. The van der Waals surface area contributed by atoms with E-state index in [1.165, 1.54) is 0 Å². The number of aliphatic carboxylic acids is 1. The van der Waals surface area contributed by atoms with Crippen molar-refractivity contribution in [3.05, 3.63) is 41.0 Å². The first-order chi connectivity index (χ1) is 12.5. The van der Waals surface area contributed by atoms with Crippen molar-refractivity contribution in [2.24, 2.45) is 0 Å². The van der Waals surface area contributed by atoms with Crippen molar-refractivity contribution in [1.29, 1.82) is 0 Å². The molecule has 0 radical (unpaired) electrons. The van der Waals surface area contributed by atoms with Crippen molar-refractivity contribution >= 4 is 17.6 Å². The van der Waals surface area contributed by atoms with Crippen LogP contribution in [0, 0.1) is 0 Å². The van der Waals surface area contributed by atoms with Gasteiger partial charge in [0, 0.05) is 42.3 Å². The summed E-state index contributed by atoms with van der Waals surface area (Å²) in [6.45, 7) is 3.58. The maximum Gasteiger partial charge on any atom is 0.317 e. The second kappa shape index (κ2) is 8.64. The molecule has 1 aromatic carbocycles. The molecule has 1 saturated heterocycles. The number of nitrogens with zero attached hydrogens (tertiary/aromatic N) is 3. The average Bonchev–Trinajstić information content (AvgIpc) is 3.02. The Hall–Kier alpha value is -1.93. The van der Waals surface area contributed by atoms with E-state index in [0.29, 0.717) is 18.2 Å². The fourth-order valence-corrected chi connectivity index (χ4v) is 3.43. The van der Waals surface area contributed by atoms with E-state index in [0.717, 1.165) is 36.5 Å². The van der Waals surface area contributed by atoms with Gasteiger partial charge in [0.05, 0.1) is 31.1 Å². The lowest BCUT2D eigenvalue weighted by Gasteiger charge is -2.34. The van der Waals surface area contributed by atoms with Crippen LogP contribution in [-0.4, -0.2) is 77.0 Å². The third kappa shape index (κ3) is 5.04. The Morgan fingerprint density at radius 2 is 2.38 bits per heavy atom. The van der Waals surface area contributed by atoms with E-state index in [1.54, 1.807) is 11.9 Å². The molecule has 1 fully saturated rings. The molecule has 2 aromatic rings. The fourth-order valence-electron chi connectivity index (χ4n) is 3.24. The van der Waals surface area contributed by atoms with Gasteiger partial charge in [-0.15, -0.1) is 0 Å². The highest BCUT2D eigenvalue weighted by atomic mass is 35.5. The number of hydrogen-bond donors (Lipinski definition) is 2. The summed E-state index contributed by atoms with van der Waals surface area (Å²) in [5.41, 5.74) is 3.08. The molecule has 2 N–H and O–H groups in total. The molecular weight excluding hydrogens is 356 g/mol. The normalized spacial score (nSPS) is 18.3. The molecule has 1 unspecified atom stereocenters. The Morgan fingerprint density at radius 1 is 1.54 bits per heavy atom. The van der Waals surface area contributed by atoms with Crippen LogP contribution in [0.5, 0.6) is 0 Å². The Kier molecular flexibility index (Phi) is 6.26. The van der Waals surface area contributed by atoms with Crippen LogP contribution in [0.15, 0.2) is 30.5 Å². The van der Waals surface area contributed by atoms with Gasteiger partial charge in [-0.2, -0.15) is 5.10 Å². The van der Waals surface area contributed by atoms with E-state index in [1.807, 2.05) is 30.5 Å². The lowest BCUT2D eigenvalue weighted by atomic mass is 10.1. The van der Waals surface area contributed by atoms with Crippen molar-refractivity contribution in [3.8, 4) is 11.3 Å². The van der Waals surface area contributed by atoms with Gasteiger partial charge in [-0.05, 0) is 19.2 Å². The van der Waals surface area contributed by atoms with E-state index < -0.39 is 5.97 Å². The van der Waals surface area contributed by atoms with Crippen LogP contribution < -0.4 is 0 Å². The molecule has 1 aromatic heterocycles. The minimum absolute atomic E-state index is 0.00498. The number of nitrogens with one attached hydrogen (secondary N) is 1. The highest BCUT2D eigenvalue weighted by molar-refractivity contribution is 6.30. The Labute approximate surface area is 157 Å². The number of carbonyl (C=O) groups is 1. The number of aromatic nitrogens is 2. The zero-order chi connectivity index (χ0) is 18.5. The zero-order valence-electron chi connectivity index (χ0n) is 14.7. The fraction of sp³-hybridized carbons (Fsp3) is 0.444. The van der Waals surface area contributed by atoms with E-state index in [2.05, 4.69) is 15.1 Å². The summed E-state index contributed by atoms with van der Waals surface area (Å²) in [6.07, 6.45) is 1.84. The van der Waals surface area contributed by atoms with Gasteiger partial charge in [-0.3, -0.25) is 19.7 Å². The maximum atomic E-state index is 10.8. The number of ether oxygens (including phenoxy) is 1. The first-order valence-corrected chi connectivity index (χ1v) is 8.91. The smallest absolute Gasteiger partial charge is 0.317 e. The molecule has 7 nitrogen and oxygen atoms in total. The summed E-state index contributed by atoms with van der Waals surface area (Å²) >= 11 is 6.10. The molecule has 2 heterocycles.